The molecule has 2 aromatic carbocycles. The second-order valence-corrected chi connectivity index (χ2v) is 8.32. The van der Waals surface area contributed by atoms with Crippen LogP contribution in [0.3, 0.4) is 0 Å². The van der Waals surface area contributed by atoms with Gasteiger partial charge in [0.1, 0.15) is 11.5 Å². The molecule has 2 heterocycles. The van der Waals surface area contributed by atoms with Crippen molar-refractivity contribution in [3.8, 4) is 28.5 Å². The highest BCUT2D eigenvalue weighted by Crippen LogP contribution is 2.33. The minimum absolute atomic E-state index is 0.0830. The molecule has 0 fully saturated rings. The topological polar surface area (TPSA) is 87.9 Å². The number of carbonyl (C=O) groups excluding carboxylic acids is 1. The van der Waals surface area contributed by atoms with E-state index < -0.39 is 24.2 Å². The van der Waals surface area contributed by atoms with E-state index in [1.54, 1.807) is 35.9 Å². The van der Waals surface area contributed by atoms with Crippen LogP contribution in [0.2, 0.25) is 0 Å². The summed E-state index contributed by atoms with van der Waals surface area (Å²) in [5.74, 6) is -1.34. The Labute approximate surface area is 209 Å². The van der Waals surface area contributed by atoms with Gasteiger partial charge in [-0.2, -0.15) is 13.2 Å². The predicted octanol–water partition coefficient (Wildman–Crippen LogP) is 6.06. The lowest BCUT2D eigenvalue weighted by Gasteiger charge is -2.14. The van der Waals surface area contributed by atoms with Crippen molar-refractivity contribution in [2.75, 3.05) is 18.4 Å². The summed E-state index contributed by atoms with van der Waals surface area (Å²) in [6.45, 7) is 3.73. The number of benzene rings is 2. The minimum Gasteiger partial charge on any atom is -0.505 e. The van der Waals surface area contributed by atoms with E-state index in [0.29, 0.717) is 29.0 Å². The summed E-state index contributed by atoms with van der Waals surface area (Å²) >= 11 is 0. The first-order valence-electron chi connectivity index (χ1n) is 11.4. The van der Waals surface area contributed by atoms with Crippen molar-refractivity contribution in [1.82, 2.24) is 14.7 Å². The van der Waals surface area contributed by atoms with Gasteiger partial charge in [0.25, 0.3) is 5.91 Å². The molecule has 0 aliphatic heterocycles. The van der Waals surface area contributed by atoms with Crippen molar-refractivity contribution in [1.29, 1.82) is 0 Å². The van der Waals surface area contributed by atoms with Gasteiger partial charge in [-0.25, -0.2) is 9.37 Å². The van der Waals surface area contributed by atoms with Gasteiger partial charge in [-0.15, -0.1) is 0 Å². The van der Waals surface area contributed by atoms with Gasteiger partial charge >= 0.3 is 6.18 Å². The SMILES string of the molecule is CCNC(=O)c1ccc(-c2cnc3c(NCCC(F)(F)F)cc(Oc4ccc(O)c(F)c4)cn23)cc1C. The molecular weight excluding hydrogens is 492 g/mol. The van der Waals surface area contributed by atoms with Crippen LogP contribution in [-0.2, 0) is 0 Å². The van der Waals surface area contributed by atoms with E-state index in [-0.39, 0.29) is 29.6 Å². The summed E-state index contributed by atoms with van der Waals surface area (Å²) in [5.41, 5.74) is 3.20. The van der Waals surface area contributed by atoms with Crippen molar-refractivity contribution in [2.24, 2.45) is 0 Å². The molecule has 0 saturated heterocycles. The van der Waals surface area contributed by atoms with Crippen LogP contribution in [0.5, 0.6) is 17.2 Å². The first-order valence-corrected chi connectivity index (χ1v) is 11.4. The first-order chi connectivity index (χ1) is 17.6. The number of hydrogen-bond donors (Lipinski definition) is 3. The average Bonchev–Trinajstić information content (AvgIpc) is 3.25. The van der Waals surface area contributed by atoms with E-state index in [9.17, 15) is 27.5 Å². The summed E-state index contributed by atoms with van der Waals surface area (Å²) in [6.07, 6.45) is -2.26. The molecule has 4 aromatic rings. The zero-order valence-electron chi connectivity index (χ0n) is 20.0. The Balaban J connectivity index is 1.76. The average molecular weight is 516 g/mol. The number of amides is 1. The van der Waals surface area contributed by atoms with Gasteiger partial charge in [-0.1, -0.05) is 6.07 Å². The van der Waals surface area contributed by atoms with Crippen molar-refractivity contribution >= 4 is 17.2 Å². The Morgan fingerprint density at radius 3 is 2.59 bits per heavy atom. The largest absolute Gasteiger partial charge is 0.505 e. The van der Waals surface area contributed by atoms with Gasteiger partial charge < -0.3 is 20.5 Å². The second-order valence-electron chi connectivity index (χ2n) is 8.32. The van der Waals surface area contributed by atoms with Crippen LogP contribution in [0.15, 0.2) is 54.9 Å². The third-order valence-electron chi connectivity index (χ3n) is 5.56. The molecule has 0 bridgehead atoms. The number of aromatic nitrogens is 2. The first kappa shape index (κ1) is 25.8. The number of phenolic OH excluding ortho intramolecular Hbond substituents is 1. The molecule has 7 nitrogen and oxygen atoms in total. The molecule has 0 spiro atoms. The Hall–Kier alpha value is -4.28. The second kappa shape index (κ2) is 10.4. The lowest BCUT2D eigenvalue weighted by molar-refractivity contribution is -0.131. The smallest absolute Gasteiger partial charge is 0.390 e. The van der Waals surface area contributed by atoms with Crippen LogP contribution in [0, 0.1) is 12.7 Å². The highest BCUT2D eigenvalue weighted by atomic mass is 19.4. The van der Waals surface area contributed by atoms with Gasteiger partial charge in [0.05, 0.1) is 30.2 Å². The fraction of sp³-hybridized carbons (Fsp3) is 0.231. The number of anilines is 1. The number of nitrogens with zero attached hydrogens (tertiary/aromatic N) is 2. The van der Waals surface area contributed by atoms with Crippen LogP contribution in [0.1, 0.15) is 29.3 Å². The van der Waals surface area contributed by atoms with Crippen LogP contribution in [0.25, 0.3) is 16.9 Å². The normalized spacial score (nSPS) is 11.5. The van der Waals surface area contributed by atoms with Gasteiger partial charge in [0, 0.05) is 36.3 Å². The summed E-state index contributed by atoms with van der Waals surface area (Å²) in [6, 6.07) is 10.2. The molecule has 0 atom stereocenters. The molecular formula is C26H24F4N4O3. The molecule has 37 heavy (non-hydrogen) atoms. The third-order valence-corrected chi connectivity index (χ3v) is 5.56. The van der Waals surface area contributed by atoms with E-state index >= 15 is 0 Å². The highest BCUT2D eigenvalue weighted by Gasteiger charge is 2.26. The molecule has 194 valence electrons. The van der Waals surface area contributed by atoms with Gasteiger partial charge in [-0.3, -0.25) is 9.20 Å². The monoisotopic (exact) mass is 516 g/mol. The van der Waals surface area contributed by atoms with Crippen molar-refractivity contribution < 1.29 is 32.2 Å². The van der Waals surface area contributed by atoms with Crippen molar-refractivity contribution in [3.05, 3.63) is 71.8 Å². The highest BCUT2D eigenvalue weighted by molar-refractivity contribution is 5.96. The standard InChI is InChI=1S/C26H24F4N4O3/c1-3-31-25(36)19-6-4-16(10-15(19)2)22-13-33-24-21(32-9-8-26(28,29)30)12-18(14-34(22)24)37-17-5-7-23(35)20(27)11-17/h4-7,10-14,32,35H,3,8-9H2,1-2H3,(H,31,36). The maximum Gasteiger partial charge on any atom is 0.390 e. The number of fused-ring (bicyclic) bond motifs is 1. The lowest BCUT2D eigenvalue weighted by atomic mass is 10.0. The number of imidazole rings is 1. The van der Waals surface area contributed by atoms with E-state index in [2.05, 4.69) is 15.6 Å². The molecule has 0 saturated carbocycles. The zero-order valence-corrected chi connectivity index (χ0v) is 20.0. The molecule has 3 N–H and O–H groups in total. The van der Waals surface area contributed by atoms with E-state index in [1.807, 2.05) is 13.0 Å². The van der Waals surface area contributed by atoms with E-state index in [1.165, 1.54) is 12.1 Å². The predicted molar refractivity (Wildman–Crippen MR) is 131 cm³/mol. The number of phenols is 1. The number of nitrogens with one attached hydrogen (secondary N) is 2. The van der Waals surface area contributed by atoms with E-state index in [0.717, 1.165) is 17.7 Å². The number of alkyl halides is 3. The fourth-order valence-corrected chi connectivity index (χ4v) is 3.82. The van der Waals surface area contributed by atoms with E-state index in [4.69, 9.17) is 4.74 Å². The number of halogens is 4. The summed E-state index contributed by atoms with van der Waals surface area (Å²) in [7, 11) is 0. The van der Waals surface area contributed by atoms with Crippen LogP contribution >= 0.6 is 0 Å². The maximum absolute atomic E-state index is 13.8. The van der Waals surface area contributed by atoms with Crippen LogP contribution in [0.4, 0.5) is 23.2 Å². The molecule has 2 aromatic heterocycles. The number of ether oxygens (including phenoxy) is 1. The van der Waals surface area contributed by atoms with Crippen molar-refractivity contribution in [3.63, 3.8) is 0 Å². The molecule has 0 radical (unpaired) electrons. The molecule has 4 rings (SSSR count). The van der Waals surface area contributed by atoms with Crippen LogP contribution in [-0.4, -0.2) is 39.7 Å². The number of aromatic hydroxyl groups is 1. The van der Waals surface area contributed by atoms with Gasteiger partial charge in [0.15, 0.2) is 17.2 Å². The summed E-state index contributed by atoms with van der Waals surface area (Å²) in [5, 5.41) is 14.9. The maximum atomic E-state index is 13.8. The van der Waals surface area contributed by atoms with Crippen LogP contribution < -0.4 is 15.4 Å². The summed E-state index contributed by atoms with van der Waals surface area (Å²) in [4.78, 5) is 16.7. The number of rotatable bonds is 8. The Morgan fingerprint density at radius 1 is 1.14 bits per heavy atom. The number of pyridine rings is 1. The Morgan fingerprint density at radius 2 is 1.92 bits per heavy atom. The molecule has 0 aliphatic carbocycles. The van der Waals surface area contributed by atoms with Crippen molar-refractivity contribution in [2.45, 2.75) is 26.4 Å². The number of carbonyl (C=O) groups is 1. The summed E-state index contributed by atoms with van der Waals surface area (Å²) < 4.78 is 59.4. The number of aryl methyl sites for hydroxylation is 1. The van der Waals surface area contributed by atoms with Gasteiger partial charge in [0.2, 0.25) is 0 Å². The third kappa shape index (κ3) is 5.93. The molecule has 11 heteroatoms. The van der Waals surface area contributed by atoms with Gasteiger partial charge in [-0.05, 0) is 43.7 Å². The quantitative estimate of drug-likeness (QED) is 0.248. The Kier molecular flexibility index (Phi) is 7.23. The lowest BCUT2D eigenvalue weighted by Crippen LogP contribution is -2.23. The Bertz CT molecular complexity index is 1450. The fourth-order valence-electron chi connectivity index (χ4n) is 3.82. The number of hydrogen-bond acceptors (Lipinski definition) is 5. The minimum atomic E-state index is -4.34. The molecule has 0 unspecified atom stereocenters. The molecule has 1 amide bonds. The molecule has 0 aliphatic rings. The zero-order chi connectivity index (χ0) is 26.7.